The predicted molar refractivity (Wildman–Crippen MR) is 93.1 cm³/mol. The number of carbonyl (C=O) groups excluding carboxylic acids is 1. The van der Waals surface area contributed by atoms with Gasteiger partial charge in [0.25, 0.3) is 0 Å². The van der Waals surface area contributed by atoms with Crippen molar-refractivity contribution in [2.24, 2.45) is 0 Å². The second kappa shape index (κ2) is 6.64. The number of benzene rings is 2. The molecule has 2 aromatic carbocycles. The number of hydrogen-bond donors (Lipinski definition) is 1. The molecule has 0 aliphatic heterocycles. The van der Waals surface area contributed by atoms with E-state index >= 15 is 0 Å². The molecular formula is C17H13BrClNO3. The standard InChI is InChI=1S/C17H13BrClNO3/c1-22-16-7-12(19)4-2-10(16)9-23-17(21)14-8-20-15-5-3-11(18)6-13(14)15/h2-8,20H,9H2,1H3. The number of halogens is 2. The van der Waals surface area contributed by atoms with Gasteiger partial charge in [-0.25, -0.2) is 4.79 Å². The van der Waals surface area contributed by atoms with Gasteiger partial charge in [-0.3, -0.25) is 0 Å². The fourth-order valence-corrected chi connectivity index (χ4v) is 2.84. The largest absolute Gasteiger partial charge is 0.496 e. The molecule has 0 aliphatic carbocycles. The van der Waals surface area contributed by atoms with Crippen molar-refractivity contribution in [3.8, 4) is 5.75 Å². The summed E-state index contributed by atoms with van der Waals surface area (Å²) in [6.45, 7) is 0.111. The van der Waals surface area contributed by atoms with E-state index in [1.165, 1.54) is 0 Å². The molecule has 118 valence electrons. The first-order valence-corrected chi connectivity index (χ1v) is 8.02. The van der Waals surface area contributed by atoms with Gasteiger partial charge in [0.1, 0.15) is 12.4 Å². The van der Waals surface area contributed by atoms with E-state index in [1.54, 1.807) is 31.5 Å². The fraction of sp³-hybridized carbons (Fsp3) is 0.118. The third-order valence-electron chi connectivity index (χ3n) is 3.47. The van der Waals surface area contributed by atoms with E-state index in [9.17, 15) is 4.79 Å². The second-order valence-corrected chi connectivity index (χ2v) is 6.28. The van der Waals surface area contributed by atoms with Gasteiger partial charge in [-0.1, -0.05) is 33.6 Å². The number of aromatic nitrogens is 1. The number of methoxy groups -OCH3 is 1. The summed E-state index contributed by atoms with van der Waals surface area (Å²) in [5, 5.41) is 1.38. The van der Waals surface area contributed by atoms with Crippen molar-refractivity contribution in [2.45, 2.75) is 6.61 Å². The molecule has 0 fully saturated rings. The molecule has 0 saturated carbocycles. The Labute approximate surface area is 146 Å². The Morgan fingerprint density at radius 3 is 2.87 bits per heavy atom. The first-order chi connectivity index (χ1) is 11.1. The molecule has 3 rings (SSSR count). The first-order valence-electron chi connectivity index (χ1n) is 6.84. The van der Waals surface area contributed by atoms with E-state index in [0.29, 0.717) is 16.3 Å². The van der Waals surface area contributed by atoms with Crippen molar-refractivity contribution < 1.29 is 14.3 Å². The van der Waals surface area contributed by atoms with Crippen LogP contribution >= 0.6 is 27.5 Å². The number of H-pyrrole nitrogens is 1. The van der Waals surface area contributed by atoms with E-state index in [1.807, 2.05) is 18.2 Å². The van der Waals surface area contributed by atoms with Gasteiger partial charge in [0.2, 0.25) is 0 Å². The Balaban J connectivity index is 1.80. The van der Waals surface area contributed by atoms with Gasteiger partial charge in [0.05, 0.1) is 12.7 Å². The quantitative estimate of drug-likeness (QED) is 0.637. The Hall–Kier alpha value is -1.98. The summed E-state index contributed by atoms with van der Waals surface area (Å²) >= 11 is 9.33. The van der Waals surface area contributed by atoms with Crippen LogP contribution in [0.4, 0.5) is 0 Å². The van der Waals surface area contributed by atoms with Gasteiger partial charge < -0.3 is 14.5 Å². The van der Waals surface area contributed by atoms with Gasteiger partial charge in [-0.15, -0.1) is 0 Å². The van der Waals surface area contributed by atoms with Gasteiger partial charge in [-0.2, -0.15) is 0 Å². The molecule has 3 aromatic rings. The lowest BCUT2D eigenvalue weighted by molar-refractivity contribution is 0.0472. The van der Waals surface area contributed by atoms with Crippen molar-refractivity contribution >= 4 is 44.4 Å². The Bertz CT molecular complexity index is 875. The normalized spacial score (nSPS) is 10.7. The maximum absolute atomic E-state index is 12.3. The van der Waals surface area contributed by atoms with Crippen LogP contribution in [0, 0.1) is 0 Å². The molecule has 0 spiro atoms. The van der Waals surface area contributed by atoms with Gasteiger partial charge in [0, 0.05) is 32.2 Å². The number of fused-ring (bicyclic) bond motifs is 1. The smallest absolute Gasteiger partial charge is 0.340 e. The third kappa shape index (κ3) is 3.35. The molecular weight excluding hydrogens is 382 g/mol. The van der Waals surface area contributed by atoms with Gasteiger partial charge in [-0.05, 0) is 30.3 Å². The van der Waals surface area contributed by atoms with Crippen LogP contribution in [0.3, 0.4) is 0 Å². The second-order valence-electron chi connectivity index (χ2n) is 4.92. The van der Waals surface area contributed by atoms with Crippen LogP contribution in [0.2, 0.25) is 5.02 Å². The number of rotatable bonds is 4. The zero-order valence-corrected chi connectivity index (χ0v) is 14.6. The molecule has 6 heteroatoms. The van der Waals surface area contributed by atoms with Crippen molar-refractivity contribution in [2.75, 3.05) is 7.11 Å². The number of ether oxygens (including phenoxy) is 2. The monoisotopic (exact) mass is 393 g/mol. The Morgan fingerprint density at radius 2 is 2.09 bits per heavy atom. The SMILES string of the molecule is COc1cc(Cl)ccc1COC(=O)c1c[nH]c2ccc(Br)cc12. The molecule has 0 unspecified atom stereocenters. The first kappa shape index (κ1) is 15.9. The van der Waals surface area contributed by atoms with Crippen molar-refractivity contribution in [3.05, 3.63) is 63.2 Å². The van der Waals surface area contributed by atoms with Crippen molar-refractivity contribution in [3.63, 3.8) is 0 Å². The fourth-order valence-electron chi connectivity index (χ4n) is 2.32. The lowest BCUT2D eigenvalue weighted by Gasteiger charge is -2.09. The Kier molecular flexibility index (Phi) is 4.59. The minimum Gasteiger partial charge on any atom is -0.496 e. The highest BCUT2D eigenvalue weighted by molar-refractivity contribution is 9.10. The lowest BCUT2D eigenvalue weighted by atomic mass is 10.2. The van der Waals surface area contributed by atoms with Crippen LogP contribution in [0.1, 0.15) is 15.9 Å². The maximum atomic E-state index is 12.3. The molecule has 23 heavy (non-hydrogen) atoms. The molecule has 0 bridgehead atoms. The zero-order chi connectivity index (χ0) is 16.4. The molecule has 1 heterocycles. The molecule has 0 atom stereocenters. The highest BCUT2D eigenvalue weighted by Gasteiger charge is 2.15. The number of hydrogen-bond acceptors (Lipinski definition) is 3. The van der Waals surface area contributed by atoms with Crippen molar-refractivity contribution in [1.29, 1.82) is 0 Å². The number of aromatic amines is 1. The molecule has 0 saturated heterocycles. The summed E-state index contributed by atoms with van der Waals surface area (Å²) in [5.74, 6) is 0.193. The van der Waals surface area contributed by atoms with E-state index in [4.69, 9.17) is 21.1 Å². The predicted octanol–water partition coefficient (Wildman–Crippen LogP) is 4.95. The lowest BCUT2D eigenvalue weighted by Crippen LogP contribution is -2.05. The van der Waals surface area contributed by atoms with Crippen LogP contribution in [-0.4, -0.2) is 18.1 Å². The summed E-state index contributed by atoms with van der Waals surface area (Å²) in [6, 6.07) is 10.9. The van der Waals surface area contributed by atoms with Gasteiger partial charge in [0.15, 0.2) is 0 Å². The molecule has 4 nitrogen and oxygen atoms in total. The average molecular weight is 395 g/mol. The summed E-state index contributed by atoms with van der Waals surface area (Å²) in [7, 11) is 1.55. The van der Waals surface area contributed by atoms with E-state index in [0.717, 1.165) is 20.9 Å². The van der Waals surface area contributed by atoms with Crippen LogP contribution in [-0.2, 0) is 11.3 Å². The number of esters is 1. The molecule has 0 radical (unpaired) electrons. The topological polar surface area (TPSA) is 51.3 Å². The summed E-state index contributed by atoms with van der Waals surface area (Å²) in [6.07, 6.45) is 1.65. The molecule has 1 N–H and O–H groups in total. The van der Waals surface area contributed by atoms with E-state index in [2.05, 4.69) is 20.9 Å². The van der Waals surface area contributed by atoms with Crippen LogP contribution in [0.25, 0.3) is 10.9 Å². The van der Waals surface area contributed by atoms with E-state index in [-0.39, 0.29) is 6.61 Å². The minimum atomic E-state index is -0.397. The zero-order valence-electron chi connectivity index (χ0n) is 12.2. The highest BCUT2D eigenvalue weighted by Crippen LogP contribution is 2.26. The number of nitrogens with one attached hydrogen (secondary N) is 1. The molecule has 0 aliphatic rings. The van der Waals surface area contributed by atoms with Gasteiger partial charge >= 0.3 is 5.97 Å². The van der Waals surface area contributed by atoms with Crippen molar-refractivity contribution in [1.82, 2.24) is 4.98 Å². The average Bonchev–Trinajstić information content (AvgIpc) is 2.96. The van der Waals surface area contributed by atoms with Crippen LogP contribution < -0.4 is 4.74 Å². The molecule has 1 aromatic heterocycles. The summed E-state index contributed by atoms with van der Waals surface area (Å²) in [5.41, 5.74) is 2.13. The number of carbonyl (C=O) groups is 1. The highest BCUT2D eigenvalue weighted by atomic mass is 79.9. The summed E-state index contributed by atoms with van der Waals surface area (Å²) < 4.78 is 11.6. The maximum Gasteiger partial charge on any atom is 0.340 e. The third-order valence-corrected chi connectivity index (χ3v) is 4.20. The van der Waals surface area contributed by atoms with Crippen LogP contribution in [0.15, 0.2) is 47.1 Å². The van der Waals surface area contributed by atoms with Crippen LogP contribution in [0.5, 0.6) is 5.75 Å². The Morgan fingerprint density at radius 1 is 1.26 bits per heavy atom. The van der Waals surface area contributed by atoms with E-state index < -0.39 is 5.97 Å². The minimum absolute atomic E-state index is 0.111. The summed E-state index contributed by atoms with van der Waals surface area (Å²) in [4.78, 5) is 15.4. The molecule has 0 amide bonds.